The first kappa shape index (κ1) is 18.1. The van der Waals surface area contributed by atoms with Crippen molar-refractivity contribution in [3.8, 4) is 0 Å². The Morgan fingerprint density at radius 1 is 1.26 bits per heavy atom. The van der Waals surface area contributed by atoms with Crippen molar-refractivity contribution in [2.75, 3.05) is 6.54 Å². The number of amides is 1. The Hall–Kier alpha value is -0.850. The summed E-state index contributed by atoms with van der Waals surface area (Å²) in [5, 5.41) is 20.2. The highest BCUT2D eigenvalue weighted by Gasteiger charge is 2.26. The quantitative estimate of drug-likeness (QED) is 0.561. The van der Waals surface area contributed by atoms with Crippen LogP contribution in [-0.2, 0) is 9.59 Å². The lowest BCUT2D eigenvalue weighted by Crippen LogP contribution is -2.48. The summed E-state index contributed by atoms with van der Waals surface area (Å²) >= 11 is 0. The van der Waals surface area contributed by atoms with Gasteiger partial charge in [0.05, 0.1) is 0 Å². The minimum Gasteiger partial charge on any atom is -0.480 e. The lowest BCUT2D eigenvalue weighted by atomic mass is 9.84. The molecule has 1 unspecified atom stereocenters. The number of carbonyl (C=O) groups excluding carboxylic acids is 1. The van der Waals surface area contributed by atoms with Gasteiger partial charge in [0.1, 0.15) is 12.6 Å². The van der Waals surface area contributed by atoms with Gasteiger partial charge in [-0.05, 0) is 12.3 Å². The van der Waals surface area contributed by atoms with Gasteiger partial charge in [0.2, 0.25) is 0 Å². The van der Waals surface area contributed by atoms with E-state index in [0.29, 0.717) is 12.3 Å². The summed E-state index contributed by atoms with van der Waals surface area (Å²) in [5.74, 6) is -1.38. The summed E-state index contributed by atoms with van der Waals surface area (Å²) in [7, 11) is 0. The Morgan fingerprint density at radius 3 is 2.37 bits per heavy atom. The molecule has 1 rings (SSSR count). The third kappa shape index (κ3) is 6.75. The van der Waals surface area contributed by atoms with Crippen LogP contribution < -0.4 is 11.1 Å². The zero-order valence-electron chi connectivity index (χ0n) is 10.9. The molecule has 0 heterocycles. The van der Waals surface area contributed by atoms with Gasteiger partial charge in [-0.25, -0.2) is 0 Å². The first-order valence-corrected chi connectivity index (χ1v) is 6.44. The molecule has 0 spiro atoms. The van der Waals surface area contributed by atoms with Crippen molar-refractivity contribution in [1.29, 1.82) is 0 Å². The molecule has 0 aromatic heterocycles. The minimum atomic E-state index is -1.33. The fourth-order valence-corrected chi connectivity index (χ4v) is 2.40. The van der Waals surface area contributed by atoms with Gasteiger partial charge in [0, 0.05) is 6.04 Å². The first-order chi connectivity index (χ1) is 8.50. The van der Waals surface area contributed by atoms with Crippen molar-refractivity contribution in [3.05, 3.63) is 0 Å². The third-order valence-corrected chi connectivity index (χ3v) is 3.42. The largest absolute Gasteiger partial charge is 0.480 e. The maximum Gasteiger partial charge on any atom is 0.322 e. The number of aliphatic hydroxyl groups is 1. The third-order valence-electron chi connectivity index (χ3n) is 3.42. The van der Waals surface area contributed by atoms with Gasteiger partial charge in [-0.15, -0.1) is 12.4 Å². The van der Waals surface area contributed by atoms with E-state index in [4.69, 9.17) is 10.8 Å². The summed E-state index contributed by atoms with van der Waals surface area (Å²) < 4.78 is 0. The van der Waals surface area contributed by atoms with E-state index in [-0.39, 0.29) is 12.4 Å². The topological polar surface area (TPSA) is 113 Å². The van der Waals surface area contributed by atoms with E-state index < -0.39 is 30.6 Å². The second kappa shape index (κ2) is 9.12. The molecule has 1 fully saturated rings. The number of carboxylic acids is 1. The number of aliphatic hydroxyl groups excluding tert-OH is 1. The number of rotatable bonds is 6. The normalized spacial score (nSPS) is 19.1. The molecule has 19 heavy (non-hydrogen) atoms. The predicted octanol–water partition coefficient (Wildman–Crippen LogP) is 0.268. The molecule has 2 atom stereocenters. The molecular weight excluding hydrogens is 272 g/mol. The highest BCUT2D eigenvalue weighted by molar-refractivity contribution is 5.85. The second-order valence-corrected chi connectivity index (χ2v) is 4.96. The van der Waals surface area contributed by atoms with Crippen LogP contribution in [0.4, 0.5) is 0 Å². The molecule has 5 N–H and O–H groups in total. The smallest absolute Gasteiger partial charge is 0.322 e. The van der Waals surface area contributed by atoms with Gasteiger partial charge >= 0.3 is 5.97 Å². The Kier molecular flexibility index (Phi) is 8.71. The molecule has 1 aliphatic carbocycles. The zero-order valence-corrected chi connectivity index (χ0v) is 11.7. The van der Waals surface area contributed by atoms with Gasteiger partial charge < -0.3 is 21.3 Å². The standard InChI is InChI=1S/C12H22N2O4.ClH/c13-9(6-8-4-2-1-3-5-8)11(17)12(18)14-7-10(15)16;/h8-9,11,17H,1-7,13H2,(H,14,18)(H,15,16);1H/t9-,11?;/m1./s1. The fraction of sp³-hybridized carbons (Fsp3) is 0.833. The van der Waals surface area contributed by atoms with E-state index in [1.165, 1.54) is 19.3 Å². The number of nitrogens with two attached hydrogens (primary N) is 1. The van der Waals surface area contributed by atoms with Gasteiger partial charge in [0.25, 0.3) is 5.91 Å². The van der Waals surface area contributed by atoms with E-state index >= 15 is 0 Å². The molecule has 7 heteroatoms. The summed E-state index contributed by atoms with van der Waals surface area (Å²) in [5.41, 5.74) is 5.80. The Labute approximate surface area is 119 Å². The summed E-state index contributed by atoms with van der Waals surface area (Å²) in [6.45, 7) is -0.494. The maximum absolute atomic E-state index is 11.4. The number of carboxylic acid groups (broad SMARTS) is 1. The van der Waals surface area contributed by atoms with E-state index in [0.717, 1.165) is 12.8 Å². The summed E-state index contributed by atoms with van der Waals surface area (Å²) in [6.07, 6.45) is 5.08. The number of carbonyl (C=O) groups is 2. The molecule has 112 valence electrons. The SMILES string of the molecule is Cl.N[C@H](CC1CCCCC1)C(O)C(=O)NCC(=O)O. The highest BCUT2D eigenvalue weighted by Crippen LogP contribution is 2.27. The molecular formula is C12H23ClN2O4. The average molecular weight is 295 g/mol. The van der Waals surface area contributed by atoms with Crippen molar-refractivity contribution >= 4 is 24.3 Å². The van der Waals surface area contributed by atoms with Crippen LogP contribution in [0.25, 0.3) is 0 Å². The van der Waals surface area contributed by atoms with Gasteiger partial charge in [0.15, 0.2) is 0 Å². The Bertz CT molecular complexity index is 295. The van der Waals surface area contributed by atoms with Crippen LogP contribution in [-0.4, -0.2) is 40.8 Å². The van der Waals surface area contributed by atoms with Gasteiger partial charge in [-0.1, -0.05) is 32.1 Å². The lowest BCUT2D eigenvalue weighted by Gasteiger charge is -2.26. The highest BCUT2D eigenvalue weighted by atomic mass is 35.5. The van der Waals surface area contributed by atoms with Crippen LogP contribution in [0, 0.1) is 5.92 Å². The first-order valence-electron chi connectivity index (χ1n) is 6.44. The Morgan fingerprint density at radius 2 is 1.84 bits per heavy atom. The van der Waals surface area contributed by atoms with Crippen molar-refractivity contribution in [2.45, 2.75) is 50.7 Å². The van der Waals surface area contributed by atoms with Crippen LogP contribution in [0.3, 0.4) is 0 Å². The molecule has 0 aromatic carbocycles. The fourth-order valence-electron chi connectivity index (χ4n) is 2.40. The van der Waals surface area contributed by atoms with E-state index in [1.807, 2.05) is 0 Å². The van der Waals surface area contributed by atoms with Crippen molar-refractivity contribution in [2.24, 2.45) is 11.7 Å². The van der Waals surface area contributed by atoms with Crippen molar-refractivity contribution in [1.82, 2.24) is 5.32 Å². The molecule has 0 aliphatic heterocycles. The molecule has 1 saturated carbocycles. The average Bonchev–Trinajstić information content (AvgIpc) is 2.36. The van der Waals surface area contributed by atoms with Crippen molar-refractivity contribution in [3.63, 3.8) is 0 Å². The maximum atomic E-state index is 11.4. The zero-order chi connectivity index (χ0) is 13.5. The molecule has 0 radical (unpaired) electrons. The van der Waals surface area contributed by atoms with Crippen LogP contribution in [0.15, 0.2) is 0 Å². The number of aliphatic carboxylic acids is 1. The molecule has 1 aliphatic rings. The van der Waals surface area contributed by atoms with Gasteiger partial charge in [-0.3, -0.25) is 9.59 Å². The van der Waals surface area contributed by atoms with E-state index in [9.17, 15) is 14.7 Å². The summed E-state index contributed by atoms with van der Waals surface area (Å²) in [6, 6.07) is -0.623. The number of nitrogens with one attached hydrogen (secondary N) is 1. The van der Waals surface area contributed by atoms with Crippen LogP contribution >= 0.6 is 12.4 Å². The molecule has 0 bridgehead atoms. The second-order valence-electron chi connectivity index (χ2n) is 4.96. The molecule has 1 amide bonds. The monoisotopic (exact) mass is 294 g/mol. The lowest BCUT2D eigenvalue weighted by molar-refractivity contribution is -0.139. The molecule has 6 nitrogen and oxygen atoms in total. The number of hydrogen-bond acceptors (Lipinski definition) is 4. The van der Waals surface area contributed by atoms with Crippen LogP contribution in [0.5, 0.6) is 0 Å². The number of halogens is 1. The van der Waals surface area contributed by atoms with Gasteiger partial charge in [-0.2, -0.15) is 0 Å². The predicted molar refractivity (Wildman–Crippen MR) is 73.1 cm³/mol. The summed E-state index contributed by atoms with van der Waals surface area (Å²) in [4.78, 5) is 21.7. The van der Waals surface area contributed by atoms with Crippen LogP contribution in [0.1, 0.15) is 38.5 Å². The number of hydrogen-bond donors (Lipinski definition) is 4. The van der Waals surface area contributed by atoms with Crippen LogP contribution in [0.2, 0.25) is 0 Å². The van der Waals surface area contributed by atoms with E-state index in [2.05, 4.69) is 5.32 Å². The minimum absolute atomic E-state index is 0. The van der Waals surface area contributed by atoms with E-state index in [1.54, 1.807) is 0 Å². The molecule has 0 aromatic rings. The Balaban J connectivity index is 0.00000324. The molecule has 0 saturated heterocycles. The van der Waals surface area contributed by atoms with Crippen molar-refractivity contribution < 1.29 is 19.8 Å².